The molecule has 0 heterocycles. The molecule has 0 atom stereocenters. The molecular formula is C4H7ORf-. The van der Waals surface area contributed by atoms with Crippen molar-refractivity contribution in [3.8, 4) is 0 Å². The van der Waals surface area contributed by atoms with Crippen molar-refractivity contribution in [3.63, 3.8) is 0 Å². The van der Waals surface area contributed by atoms with Crippen LogP contribution in [0.2, 0.25) is 0 Å². The van der Waals surface area contributed by atoms with Crippen molar-refractivity contribution >= 4 is 0 Å². The van der Waals surface area contributed by atoms with E-state index in [0.29, 0.717) is 6.42 Å². The Kier molecular flexibility index (Phi) is 13.7. The van der Waals surface area contributed by atoms with Crippen molar-refractivity contribution in [2.24, 2.45) is 0 Å². The zero-order valence-corrected chi connectivity index (χ0v) is 10.1. The van der Waals surface area contributed by atoms with Crippen LogP contribution < -0.4 is 0 Å². The van der Waals surface area contributed by atoms with Crippen LogP contribution in [0, 0.1) is 6.61 Å². The first-order valence-corrected chi connectivity index (χ1v) is 1.48. The molecule has 0 aromatic carbocycles. The van der Waals surface area contributed by atoms with Gasteiger partial charge in [0, 0.05) is 0 Å². The van der Waals surface area contributed by atoms with Gasteiger partial charge in [0.25, 0.3) is 0 Å². The SMILES string of the molecule is C=CC[CH-]O.[Rf]. The molecule has 0 rings (SSSR count). The molecule has 0 aliphatic heterocycles. The predicted octanol–water partition coefficient (Wildman–Crippen LogP) is 1.10. The van der Waals surface area contributed by atoms with Crippen LogP contribution in [0.25, 0.3) is 0 Å². The Morgan fingerprint density at radius 3 is 2.33 bits per heavy atom. The molecule has 2 heteroatoms. The van der Waals surface area contributed by atoms with E-state index in [1.165, 1.54) is 0 Å². The molecule has 1 N–H and O–H groups in total. The van der Waals surface area contributed by atoms with E-state index in [0.717, 1.165) is 6.61 Å². The van der Waals surface area contributed by atoms with Crippen LogP contribution in [0.3, 0.4) is 0 Å². The summed E-state index contributed by atoms with van der Waals surface area (Å²) in [6.07, 6.45) is 2.21. The van der Waals surface area contributed by atoms with Crippen molar-refractivity contribution in [2.75, 3.05) is 0 Å². The van der Waals surface area contributed by atoms with E-state index in [1.54, 1.807) is 6.08 Å². The van der Waals surface area contributed by atoms with Crippen molar-refractivity contribution in [1.82, 2.24) is 0 Å². The Morgan fingerprint density at radius 1 is 1.83 bits per heavy atom. The molecule has 0 radical (unpaired) electrons. The van der Waals surface area contributed by atoms with Crippen LogP contribution in [0.5, 0.6) is 0 Å². The maximum Gasteiger partial charge on any atom is 0 e. The van der Waals surface area contributed by atoms with Gasteiger partial charge in [-0.1, -0.05) is 0 Å². The minimum atomic E-state index is 0. The summed E-state index contributed by atoms with van der Waals surface area (Å²) in [5.74, 6) is 0. The molecule has 0 aliphatic rings. The average Bonchev–Trinajstić information content (AvgIpc) is 1.41. The molecular weight excluding hydrogens is 331 g/mol. The van der Waals surface area contributed by atoms with Gasteiger partial charge in [0.1, 0.15) is 0 Å². The number of aliphatic hydroxyl groups is 1. The number of hydrogen-bond acceptors (Lipinski definition) is 1. The van der Waals surface area contributed by atoms with E-state index >= 15 is 0 Å². The minimum absolute atomic E-state index is 0. The van der Waals surface area contributed by atoms with Gasteiger partial charge in [-0.15, -0.1) is 19.1 Å². The molecule has 0 saturated carbocycles. The van der Waals surface area contributed by atoms with Crippen molar-refractivity contribution in [2.45, 2.75) is 6.42 Å². The molecule has 0 amide bonds. The summed E-state index contributed by atoms with van der Waals surface area (Å²) in [7, 11) is 0. The number of rotatable bonds is 2. The van der Waals surface area contributed by atoms with E-state index in [9.17, 15) is 0 Å². The molecule has 0 fully saturated rings. The smallest absolute Gasteiger partial charge is 0 e. The summed E-state index contributed by atoms with van der Waals surface area (Å²) in [6, 6.07) is 0. The van der Waals surface area contributed by atoms with Crippen LogP contribution >= 0.6 is 0 Å². The molecule has 1 nitrogen and oxygen atoms in total. The first-order valence-electron chi connectivity index (χ1n) is 1.48. The van der Waals surface area contributed by atoms with Gasteiger partial charge in [-0.3, -0.25) is 0 Å². The summed E-state index contributed by atoms with van der Waals surface area (Å²) in [5, 5.41) is 7.87. The van der Waals surface area contributed by atoms with Crippen molar-refractivity contribution in [1.29, 1.82) is 0 Å². The molecule has 0 aromatic rings. The van der Waals surface area contributed by atoms with E-state index < -0.39 is 0 Å². The van der Waals surface area contributed by atoms with Gasteiger partial charge in [-0.2, -0.15) is 0 Å². The molecule has 0 aliphatic carbocycles. The zero-order valence-electron chi connectivity index (χ0n) is 3.72. The van der Waals surface area contributed by atoms with Gasteiger partial charge < -0.3 is 5.11 Å². The Balaban J connectivity index is 0. The van der Waals surface area contributed by atoms with Crippen molar-refractivity contribution < 1.29 is 5.11 Å². The van der Waals surface area contributed by atoms with Crippen LogP contribution in [-0.2, 0) is 0 Å². The van der Waals surface area contributed by atoms with Gasteiger partial charge in [-0.05, 0) is 0 Å². The number of hydrogen-bond donors (Lipinski definition) is 1. The first-order chi connectivity index (χ1) is 2.41. The fraction of sp³-hybridized carbons (Fsp3) is 0.250. The Labute approximate surface area is 31.9 Å². The summed E-state index contributed by atoms with van der Waals surface area (Å²) >= 11 is 0. The maximum atomic E-state index is 7.87. The third kappa shape index (κ3) is 15.9. The second kappa shape index (κ2) is 9.33. The Hall–Kier alpha value is -1.30. The maximum absolute atomic E-state index is 7.87. The van der Waals surface area contributed by atoms with E-state index in [2.05, 4.69) is 6.58 Å². The quantitative estimate of drug-likeness (QED) is 0.591. The largest absolute Gasteiger partial charge is 0.566 e. The molecule has 6 heavy (non-hydrogen) atoms. The van der Waals surface area contributed by atoms with Gasteiger partial charge in [0.05, 0.1) is 0 Å². The van der Waals surface area contributed by atoms with Gasteiger partial charge in [0.15, 0.2) is 0 Å². The Bertz CT molecular complexity index is 28.7. The monoisotopic (exact) mass is 338 g/mol. The Morgan fingerprint density at radius 2 is 2.33 bits per heavy atom. The summed E-state index contributed by atoms with van der Waals surface area (Å²) in [4.78, 5) is 0. The zero-order chi connectivity index (χ0) is 4.12. The van der Waals surface area contributed by atoms with Gasteiger partial charge in [-0.25, -0.2) is 6.61 Å². The van der Waals surface area contributed by atoms with Gasteiger partial charge >= 0.3 is 0 Å². The summed E-state index contributed by atoms with van der Waals surface area (Å²) in [6.45, 7) is 4.42. The second-order valence-electron chi connectivity index (χ2n) is 0.707. The second-order valence-corrected chi connectivity index (χ2v) is 0.707. The standard InChI is InChI=1S/C4H7O.Rf/c1-2-3-4-5;/h2,4-5H,1,3H2;/q-1;. The summed E-state index contributed by atoms with van der Waals surface area (Å²) in [5.41, 5.74) is 0. The van der Waals surface area contributed by atoms with Crippen molar-refractivity contribution in [3.05, 3.63) is 19.3 Å². The van der Waals surface area contributed by atoms with Crippen LogP contribution in [0.1, 0.15) is 6.42 Å². The first kappa shape index (κ1) is 8.83. The minimum Gasteiger partial charge on any atom is -0.566 e. The molecule has 32 valence electrons. The molecule has 0 aromatic heterocycles. The average molecular weight is 338 g/mol. The predicted molar refractivity (Wildman–Crippen MR) is 21.0 cm³/mol. The number of aliphatic hydroxyl groups excluding tert-OH is 1. The molecule has 0 spiro atoms. The topological polar surface area (TPSA) is 20.2 Å². The fourth-order valence-corrected chi connectivity index (χ4v) is 0.0745. The normalized spacial score (nSPS) is 6.17. The van der Waals surface area contributed by atoms with Crippen LogP contribution in [-0.4, -0.2) is 5.11 Å². The third-order valence-electron chi connectivity index (χ3n) is 0.272. The third-order valence-corrected chi connectivity index (χ3v) is 0.272. The van der Waals surface area contributed by atoms with E-state index in [4.69, 9.17) is 5.11 Å². The van der Waals surface area contributed by atoms with E-state index in [1.807, 2.05) is 0 Å². The molecule has 0 bridgehead atoms. The fourth-order valence-electron chi connectivity index (χ4n) is 0.0745. The molecule has 0 saturated heterocycles. The van der Waals surface area contributed by atoms with Crippen LogP contribution in [0.15, 0.2) is 12.7 Å². The summed E-state index contributed by atoms with van der Waals surface area (Å²) < 4.78 is 0. The van der Waals surface area contributed by atoms with E-state index in [-0.39, 0.29) is 0 Å². The molecule has 0 unspecified atom stereocenters. The van der Waals surface area contributed by atoms with Crippen LogP contribution in [0.4, 0.5) is 0 Å². The van der Waals surface area contributed by atoms with Gasteiger partial charge in [0.2, 0.25) is 0 Å².